The number of rotatable bonds is 4. The zero-order valence-corrected chi connectivity index (χ0v) is 9.78. The quantitative estimate of drug-likeness (QED) is 0.861. The second-order valence-corrected chi connectivity index (χ2v) is 4.01. The van der Waals surface area contributed by atoms with E-state index in [0.29, 0.717) is 13.0 Å². The van der Waals surface area contributed by atoms with Crippen LogP contribution in [-0.4, -0.2) is 37.3 Å². The lowest BCUT2D eigenvalue weighted by Crippen LogP contribution is -2.43. The average Bonchev–Trinajstić information content (AvgIpc) is 2.41. The predicted molar refractivity (Wildman–Crippen MR) is 62.4 cm³/mol. The average molecular weight is 239 g/mol. The van der Waals surface area contributed by atoms with Crippen molar-refractivity contribution in [3.63, 3.8) is 0 Å². The lowest BCUT2D eigenvalue weighted by molar-refractivity contribution is -0.240. The minimum atomic E-state index is -0.966. The second-order valence-electron chi connectivity index (χ2n) is 4.01. The molecule has 1 aromatic carbocycles. The topological polar surface area (TPSA) is 47.9 Å². The first-order valence-corrected chi connectivity index (χ1v) is 5.65. The molecule has 0 spiro atoms. The SMILES string of the molecule is [2H][C@@H]1O[C@H](OC)[C@H](OCc2ccccc2)C[C@H]1O. The maximum atomic E-state index is 9.61. The van der Waals surface area contributed by atoms with E-state index in [1.165, 1.54) is 7.11 Å². The molecular weight excluding hydrogens is 220 g/mol. The van der Waals surface area contributed by atoms with Gasteiger partial charge in [-0.25, -0.2) is 0 Å². The molecule has 4 nitrogen and oxygen atoms in total. The van der Waals surface area contributed by atoms with Gasteiger partial charge in [-0.15, -0.1) is 0 Å². The number of aliphatic hydroxyl groups is 1. The summed E-state index contributed by atoms with van der Waals surface area (Å²) in [4.78, 5) is 0. The van der Waals surface area contributed by atoms with Gasteiger partial charge in [-0.2, -0.15) is 0 Å². The van der Waals surface area contributed by atoms with Crippen LogP contribution in [0, 0.1) is 0 Å². The van der Waals surface area contributed by atoms with Crippen molar-refractivity contribution in [3.8, 4) is 0 Å². The van der Waals surface area contributed by atoms with E-state index in [0.717, 1.165) is 5.56 Å². The van der Waals surface area contributed by atoms with Crippen molar-refractivity contribution in [2.45, 2.75) is 31.5 Å². The standard InChI is InChI=1S/C13H18O4/c1-15-13-12(7-11(14)9-17-13)16-8-10-5-3-2-4-6-10/h2-6,11-14H,7-9H2,1H3/t11-,12-,13+/m1/s1/i9D/t9-,11+,12+,13-/m0. The molecule has 0 radical (unpaired) electrons. The zero-order valence-electron chi connectivity index (χ0n) is 10.8. The maximum absolute atomic E-state index is 9.61. The van der Waals surface area contributed by atoms with Crippen molar-refractivity contribution in [2.75, 3.05) is 13.7 Å². The number of ether oxygens (including phenoxy) is 3. The fourth-order valence-electron chi connectivity index (χ4n) is 1.79. The van der Waals surface area contributed by atoms with E-state index >= 15 is 0 Å². The van der Waals surface area contributed by atoms with Crippen LogP contribution in [0.2, 0.25) is 0 Å². The highest BCUT2D eigenvalue weighted by Crippen LogP contribution is 2.19. The molecule has 0 aliphatic carbocycles. The lowest BCUT2D eigenvalue weighted by Gasteiger charge is -2.33. The number of methoxy groups -OCH3 is 1. The summed E-state index contributed by atoms with van der Waals surface area (Å²) < 4.78 is 23.5. The number of benzene rings is 1. The van der Waals surface area contributed by atoms with Gasteiger partial charge < -0.3 is 19.3 Å². The molecule has 0 aromatic heterocycles. The fourth-order valence-corrected chi connectivity index (χ4v) is 1.79. The summed E-state index contributed by atoms with van der Waals surface area (Å²) in [5.41, 5.74) is 1.05. The number of aliphatic hydroxyl groups excluding tert-OH is 1. The fraction of sp³-hybridized carbons (Fsp3) is 0.538. The van der Waals surface area contributed by atoms with Crippen molar-refractivity contribution in [1.82, 2.24) is 0 Å². The molecule has 0 amide bonds. The Bertz CT molecular complexity index is 359. The highest BCUT2D eigenvalue weighted by Gasteiger charge is 2.31. The summed E-state index contributed by atoms with van der Waals surface area (Å²) in [5.74, 6) is 0. The molecule has 1 fully saturated rings. The summed E-state index contributed by atoms with van der Waals surface area (Å²) in [6.45, 7) is -0.532. The molecule has 0 saturated carbocycles. The van der Waals surface area contributed by atoms with Crippen LogP contribution in [0.25, 0.3) is 0 Å². The Balaban J connectivity index is 1.91. The van der Waals surface area contributed by atoms with Gasteiger partial charge in [0.25, 0.3) is 0 Å². The molecule has 0 unspecified atom stereocenters. The molecular formula is C13H18O4. The van der Waals surface area contributed by atoms with Crippen molar-refractivity contribution in [1.29, 1.82) is 0 Å². The Hall–Kier alpha value is -0.940. The van der Waals surface area contributed by atoms with E-state index in [9.17, 15) is 5.11 Å². The highest BCUT2D eigenvalue weighted by atomic mass is 16.7. The molecule has 1 aliphatic heterocycles. The van der Waals surface area contributed by atoms with Crippen LogP contribution < -0.4 is 0 Å². The molecule has 1 aromatic rings. The highest BCUT2D eigenvalue weighted by molar-refractivity contribution is 5.13. The smallest absolute Gasteiger partial charge is 0.183 e. The van der Waals surface area contributed by atoms with E-state index < -0.39 is 19.0 Å². The van der Waals surface area contributed by atoms with Crippen molar-refractivity contribution in [2.24, 2.45) is 0 Å². The summed E-state index contributed by atoms with van der Waals surface area (Å²) in [6.07, 6.45) is -1.44. The molecule has 1 aliphatic rings. The van der Waals surface area contributed by atoms with Gasteiger partial charge in [0.1, 0.15) is 6.10 Å². The van der Waals surface area contributed by atoms with Crippen molar-refractivity contribution in [3.05, 3.63) is 35.9 Å². The minimum absolute atomic E-state index is 0.347. The molecule has 4 heteroatoms. The summed E-state index contributed by atoms with van der Waals surface area (Å²) in [5, 5.41) is 9.61. The van der Waals surface area contributed by atoms with E-state index in [1.54, 1.807) is 0 Å². The van der Waals surface area contributed by atoms with Gasteiger partial charge in [0, 0.05) is 13.5 Å². The molecule has 17 heavy (non-hydrogen) atoms. The number of hydrogen-bond acceptors (Lipinski definition) is 4. The first-order valence-electron chi connectivity index (χ1n) is 6.22. The van der Waals surface area contributed by atoms with Gasteiger partial charge in [-0.1, -0.05) is 30.3 Å². The molecule has 1 saturated heterocycles. The minimum Gasteiger partial charge on any atom is -0.391 e. The molecule has 94 valence electrons. The first kappa shape index (κ1) is 11.2. The Morgan fingerprint density at radius 1 is 1.47 bits per heavy atom. The van der Waals surface area contributed by atoms with Crippen molar-refractivity contribution >= 4 is 0 Å². The van der Waals surface area contributed by atoms with Crippen LogP contribution in [0.3, 0.4) is 0 Å². The Morgan fingerprint density at radius 2 is 2.24 bits per heavy atom. The summed E-state index contributed by atoms with van der Waals surface area (Å²) in [7, 11) is 1.51. The Morgan fingerprint density at radius 3 is 2.94 bits per heavy atom. The van der Waals surface area contributed by atoms with E-state index in [1.807, 2.05) is 30.3 Å². The van der Waals surface area contributed by atoms with E-state index in [2.05, 4.69) is 0 Å². The van der Waals surface area contributed by atoms with Crippen LogP contribution >= 0.6 is 0 Å². The molecule has 2 rings (SSSR count). The van der Waals surface area contributed by atoms with Gasteiger partial charge in [-0.05, 0) is 5.56 Å². The zero-order chi connectivity index (χ0) is 13.0. The van der Waals surface area contributed by atoms with Crippen LogP contribution in [0.1, 0.15) is 13.4 Å². The molecule has 1 heterocycles. The van der Waals surface area contributed by atoms with Crippen LogP contribution in [0.4, 0.5) is 0 Å². The Labute approximate surface area is 103 Å². The monoisotopic (exact) mass is 239 g/mol. The van der Waals surface area contributed by atoms with Gasteiger partial charge in [0.2, 0.25) is 0 Å². The summed E-state index contributed by atoms with van der Waals surface area (Å²) in [6, 6.07) is 9.77. The Kier molecular flexibility index (Phi) is 4.02. The van der Waals surface area contributed by atoms with Crippen LogP contribution in [0.15, 0.2) is 30.3 Å². The van der Waals surface area contributed by atoms with E-state index in [-0.39, 0.29) is 6.10 Å². The van der Waals surface area contributed by atoms with Crippen molar-refractivity contribution < 1.29 is 20.7 Å². The van der Waals surface area contributed by atoms with E-state index in [4.69, 9.17) is 15.6 Å². The third kappa shape index (κ3) is 3.51. The number of hydrogen-bond donors (Lipinski definition) is 1. The third-order valence-corrected chi connectivity index (χ3v) is 2.69. The van der Waals surface area contributed by atoms with Crippen LogP contribution in [-0.2, 0) is 20.8 Å². The normalized spacial score (nSPS) is 34.4. The first-order chi connectivity index (χ1) is 8.70. The molecule has 0 bridgehead atoms. The second kappa shape index (κ2) is 6.12. The van der Waals surface area contributed by atoms with Gasteiger partial charge >= 0.3 is 0 Å². The van der Waals surface area contributed by atoms with Crippen LogP contribution in [0.5, 0.6) is 0 Å². The van der Waals surface area contributed by atoms with Gasteiger partial charge in [0.15, 0.2) is 6.29 Å². The molecule has 4 atom stereocenters. The predicted octanol–water partition coefficient (Wildman–Crippen LogP) is 1.33. The molecule has 1 N–H and O–H groups in total. The maximum Gasteiger partial charge on any atom is 0.183 e. The third-order valence-electron chi connectivity index (χ3n) is 2.69. The summed E-state index contributed by atoms with van der Waals surface area (Å²) >= 11 is 0. The van der Waals surface area contributed by atoms with Gasteiger partial charge in [-0.3, -0.25) is 0 Å². The van der Waals surface area contributed by atoms with Gasteiger partial charge in [0.05, 0.1) is 20.7 Å². The lowest BCUT2D eigenvalue weighted by atomic mass is 10.1. The largest absolute Gasteiger partial charge is 0.391 e.